The van der Waals surface area contributed by atoms with E-state index in [4.69, 9.17) is 4.74 Å². The Morgan fingerprint density at radius 3 is 2.17 bits per heavy atom. The average Bonchev–Trinajstić information content (AvgIpc) is 3.26. The molecular formula is C19H22N2O2. The van der Waals surface area contributed by atoms with Crippen molar-refractivity contribution in [2.75, 3.05) is 12.4 Å². The van der Waals surface area contributed by atoms with Crippen molar-refractivity contribution in [1.29, 1.82) is 0 Å². The maximum absolute atomic E-state index is 12.3. The molecule has 4 nitrogen and oxygen atoms in total. The molecule has 2 aromatic carbocycles. The Morgan fingerprint density at radius 1 is 1.04 bits per heavy atom. The van der Waals surface area contributed by atoms with Crippen molar-refractivity contribution in [2.24, 2.45) is 0 Å². The number of benzene rings is 2. The molecule has 2 N–H and O–H groups in total. The fourth-order valence-corrected chi connectivity index (χ4v) is 2.95. The van der Waals surface area contributed by atoms with Crippen LogP contribution in [0, 0.1) is 13.8 Å². The third-order valence-electron chi connectivity index (χ3n) is 4.22. The lowest BCUT2D eigenvalue weighted by molar-refractivity contribution is 0.247. The number of hydrogen-bond donors (Lipinski definition) is 2. The van der Waals surface area contributed by atoms with Crippen LogP contribution in [0.1, 0.15) is 29.5 Å². The van der Waals surface area contributed by atoms with E-state index < -0.39 is 0 Å². The fourth-order valence-electron chi connectivity index (χ4n) is 2.95. The number of nitrogens with one attached hydrogen (secondary N) is 2. The van der Waals surface area contributed by atoms with Gasteiger partial charge in [-0.3, -0.25) is 0 Å². The zero-order valence-corrected chi connectivity index (χ0v) is 13.8. The van der Waals surface area contributed by atoms with Crippen LogP contribution in [0.3, 0.4) is 0 Å². The van der Waals surface area contributed by atoms with E-state index in [1.165, 1.54) is 0 Å². The zero-order valence-electron chi connectivity index (χ0n) is 13.8. The first-order chi connectivity index (χ1) is 11.0. The van der Waals surface area contributed by atoms with Crippen LogP contribution in [0.25, 0.3) is 0 Å². The van der Waals surface area contributed by atoms with Crippen molar-refractivity contribution in [2.45, 2.75) is 32.2 Å². The summed E-state index contributed by atoms with van der Waals surface area (Å²) in [6.07, 6.45) is 1.92. The number of rotatable bonds is 4. The van der Waals surface area contributed by atoms with E-state index >= 15 is 0 Å². The first-order valence-corrected chi connectivity index (χ1v) is 7.83. The topological polar surface area (TPSA) is 50.4 Å². The van der Waals surface area contributed by atoms with Gasteiger partial charge in [-0.25, -0.2) is 4.79 Å². The molecule has 0 spiro atoms. The van der Waals surface area contributed by atoms with Crippen molar-refractivity contribution < 1.29 is 9.53 Å². The molecule has 3 rings (SSSR count). The van der Waals surface area contributed by atoms with Crippen LogP contribution in [0.2, 0.25) is 0 Å². The highest BCUT2D eigenvalue weighted by Crippen LogP contribution is 2.45. The van der Waals surface area contributed by atoms with E-state index in [1.807, 2.05) is 50.2 Å². The second-order valence-electron chi connectivity index (χ2n) is 6.27. The predicted octanol–water partition coefficient (Wildman–Crippen LogP) is 4.12. The van der Waals surface area contributed by atoms with Crippen LogP contribution in [0.5, 0.6) is 5.75 Å². The normalized spacial score (nSPS) is 14.9. The van der Waals surface area contributed by atoms with Crippen molar-refractivity contribution in [1.82, 2.24) is 5.32 Å². The minimum absolute atomic E-state index is 0.164. The Labute approximate surface area is 136 Å². The summed E-state index contributed by atoms with van der Waals surface area (Å²) in [5.41, 5.74) is 3.97. The van der Waals surface area contributed by atoms with Crippen molar-refractivity contribution in [3.63, 3.8) is 0 Å². The minimum atomic E-state index is -0.241. The summed E-state index contributed by atoms with van der Waals surface area (Å²) in [5.74, 6) is 0.823. The number of urea groups is 1. The van der Waals surface area contributed by atoms with Gasteiger partial charge in [0, 0.05) is 5.69 Å². The average molecular weight is 310 g/mol. The van der Waals surface area contributed by atoms with Gasteiger partial charge in [0.15, 0.2) is 0 Å². The monoisotopic (exact) mass is 310 g/mol. The van der Waals surface area contributed by atoms with E-state index in [9.17, 15) is 4.79 Å². The number of hydrogen-bond acceptors (Lipinski definition) is 2. The van der Waals surface area contributed by atoms with Crippen molar-refractivity contribution >= 4 is 11.7 Å². The van der Waals surface area contributed by atoms with Gasteiger partial charge in [-0.15, -0.1) is 0 Å². The second kappa shape index (κ2) is 5.95. The lowest BCUT2D eigenvalue weighted by Gasteiger charge is -2.19. The molecule has 23 heavy (non-hydrogen) atoms. The Morgan fingerprint density at radius 2 is 1.65 bits per heavy atom. The summed E-state index contributed by atoms with van der Waals surface area (Å²) in [5, 5.41) is 6.05. The summed E-state index contributed by atoms with van der Waals surface area (Å²) in [7, 11) is 1.65. The first-order valence-electron chi connectivity index (χ1n) is 7.83. The molecule has 1 fully saturated rings. The third-order valence-corrected chi connectivity index (χ3v) is 4.22. The van der Waals surface area contributed by atoms with E-state index in [0.29, 0.717) is 0 Å². The van der Waals surface area contributed by atoms with Gasteiger partial charge in [0.05, 0.1) is 12.6 Å². The Balaban J connectivity index is 1.69. The molecule has 0 aliphatic heterocycles. The van der Waals surface area contributed by atoms with Gasteiger partial charge in [0.1, 0.15) is 5.75 Å². The number of ether oxygens (including phenoxy) is 1. The molecule has 0 aromatic heterocycles. The van der Waals surface area contributed by atoms with Gasteiger partial charge in [-0.05, 0) is 67.6 Å². The second-order valence-corrected chi connectivity index (χ2v) is 6.27. The smallest absolute Gasteiger partial charge is 0.319 e. The van der Waals surface area contributed by atoms with Gasteiger partial charge < -0.3 is 15.4 Å². The fraction of sp³-hybridized carbons (Fsp3) is 0.316. The Kier molecular flexibility index (Phi) is 3.99. The molecule has 0 atom stereocenters. The standard InChI is InChI=1S/C19H22N2O2/c1-13-10-14(2)12-16(11-13)20-18(22)21-19(8-9-19)15-4-6-17(23-3)7-5-15/h4-7,10-12H,8-9H2,1-3H3,(H2,20,21,22). The lowest BCUT2D eigenvalue weighted by Crippen LogP contribution is -2.38. The van der Waals surface area contributed by atoms with E-state index in [1.54, 1.807) is 7.11 Å². The summed E-state index contributed by atoms with van der Waals surface area (Å²) in [6, 6.07) is 13.8. The maximum atomic E-state index is 12.3. The van der Waals surface area contributed by atoms with Crippen LogP contribution in [0.4, 0.5) is 10.5 Å². The molecule has 120 valence electrons. The number of anilines is 1. The molecule has 4 heteroatoms. The molecular weight excluding hydrogens is 288 g/mol. The quantitative estimate of drug-likeness (QED) is 0.892. The molecule has 0 heterocycles. The first kappa shape index (κ1) is 15.4. The van der Waals surface area contributed by atoms with Gasteiger partial charge in [-0.2, -0.15) is 0 Å². The molecule has 0 unspecified atom stereocenters. The molecule has 1 saturated carbocycles. The van der Waals surface area contributed by atoms with Crippen LogP contribution in [0.15, 0.2) is 42.5 Å². The molecule has 0 radical (unpaired) electrons. The van der Waals surface area contributed by atoms with Crippen molar-refractivity contribution in [3.05, 3.63) is 59.2 Å². The summed E-state index contributed by atoms with van der Waals surface area (Å²) >= 11 is 0. The van der Waals surface area contributed by atoms with Crippen LogP contribution >= 0.6 is 0 Å². The molecule has 2 aromatic rings. The molecule has 0 bridgehead atoms. The largest absolute Gasteiger partial charge is 0.497 e. The number of amides is 2. The van der Waals surface area contributed by atoms with Crippen LogP contribution in [-0.2, 0) is 5.54 Å². The molecule has 0 saturated heterocycles. The highest BCUT2D eigenvalue weighted by molar-refractivity contribution is 5.90. The summed E-state index contributed by atoms with van der Waals surface area (Å²) in [4.78, 5) is 12.3. The number of carbonyl (C=O) groups is 1. The minimum Gasteiger partial charge on any atom is -0.497 e. The van der Waals surface area contributed by atoms with E-state index in [0.717, 1.165) is 41.0 Å². The van der Waals surface area contributed by atoms with Gasteiger partial charge >= 0.3 is 6.03 Å². The number of methoxy groups -OCH3 is 1. The third kappa shape index (κ3) is 3.47. The summed E-state index contributed by atoms with van der Waals surface area (Å²) in [6.45, 7) is 4.05. The highest BCUT2D eigenvalue weighted by atomic mass is 16.5. The molecule has 1 aliphatic rings. The maximum Gasteiger partial charge on any atom is 0.319 e. The zero-order chi connectivity index (χ0) is 16.4. The van der Waals surface area contributed by atoms with Gasteiger partial charge in [0.25, 0.3) is 0 Å². The van der Waals surface area contributed by atoms with E-state index in [-0.39, 0.29) is 11.6 Å². The summed E-state index contributed by atoms with van der Waals surface area (Å²) < 4.78 is 5.19. The molecule has 1 aliphatic carbocycles. The highest BCUT2D eigenvalue weighted by Gasteiger charge is 2.45. The van der Waals surface area contributed by atoms with E-state index in [2.05, 4.69) is 16.7 Å². The van der Waals surface area contributed by atoms with Crippen molar-refractivity contribution in [3.8, 4) is 5.75 Å². The van der Waals surface area contributed by atoms with Gasteiger partial charge in [0.2, 0.25) is 0 Å². The predicted molar refractivity (Wildman–Crippen MR) is 92.0 cm³/mol. The van der Waals surface area contributed by atoms with Crippen LogP contribution < -0.4 is 15.4 Å². The Hall–Kier alpha value is -2.49. The lowest BCUT2D eigenvalue weighted by atomic mass is 10.1. The number of carbonyl (C=O) groups excluding carboxylic acids is 1. The SMILES string of the molecule is COc1ccc(C2(NC(=O)Nc3cc(C)cc(C)c3)CC2)cc1. The van der Waals surface area contributed by atoms with Crippen LogP contribution in [-0.4, -0.2) is 13.1 Å². The molecule has 2 amide bonds. The van der Waals surface area contributed by atoms with Gasteiger partial charge in [-0.1, -0.05) is 18.2 Å². The Bertz CT molecular complexity index is 698. The number of aryl methyl sites for hydroxylation is 2.